The van der Waals surface area contributed by atoms with Crippen LogP contribution in [0.4, 0.5) is 0 Å². The first-order valence-electron chi connectivity index (χ1n) is 5.30. The van der Waals surface area contributed by atoms with Crippen molar-refractivity contribution in [2.75, 3.05) is 14.2 Å². The van der Waals surface area contributed by atoms with Crippen LogP contribution in [0.2, 0.25) is 0 Å². The Morgan fingerprint density at radius 2 is 2.11 bits per heavy atom. The Labute approximate surface area is 114 Å². The van der Waals surface area contributed by atoms with Crippen LogP contribution in [0.5, 0.6) is 11.5 Å². The van der Waals surface area contributed by atoms with Crippen LogP contribution in [0, 0.1) is 6.92 Å². The van der Waals surface area contributed by atoms with Gasteiger partial charge in [0.05, 0.1) is 18.7 Å². The zero-order chi connectivity index (χ0) is 13.9. The molecule has 18 heavy (non-hydrogen) atoms. The van der Waals surface area contributed by atoms with Gasteiger partial charge in [-0.1, -0.05) is 0 Å². The van der Waals surface area contributed by atoms with Crippen molar-refractivity contribution in [3.8, 4) is 11.5 Å². The lowest BCUT2D eigenvalue weighted by Gasteiger charge is -2.17. The van der Waals surface area contributed by atoms with Gasteiger partial charge in [0, 0.05) is 12.0 Å². The highest BCUT2D eigenvalue weighted by atomic mass is 79.9. The topological polar surface area (TPSA) is 81.8 Å². The van der Waals surface area contributed by atoms with Crippen LogP contribution in [0.25, 0.3) is 0 Å². The Kier molecular flexibility index (Phi) is 4.98. The molecule has 0 saturated carbocycles. The van der Waals surface area contributed by atoms with E-state index in [4.69, 9.17) is 20.3 Å². The summed E-state index contributed by atoms with van der Waals surface area (Å²) in [4.78, 5) is 10.8. The highest BCUT2D eigenvalue weighted by Crippen LogP contribution is 2.38. The van der Waals surface area contributed by atoms with E-state index in [0.717, 1.165) is 5.56 Å². The van der Waals surface area contributed by atoms with Gasteiger partial charge in [-0.3, -0.25) is 4.79 Å². The molecule has 6 heteroatoms. The number of aliphatic carboxylic acids is 1. The van der Waals surface area contributed by atoms with E-state index in [9.17, 15) is 4.79 Å². The lowest BCUT2D eigenvalue weighted by molar-refractivity contribution is -0.138. The van der Waals surface area contributed by atoms with Crippen molar-refractivity contribution in [3.63, 3.8) is 0 Å². The minimum Gasteiger partial charge on any atom is -0.496 e. The molecule has 1 rings (SSSR count). The van der Waals surface area contributed by atoms with Crippen molar-refractivity contribution in [2.24, 2.45) is 5.73 Å². The Morgan fingerprint density at radius 3 is 2.56 bits per heavy atom. The Balaban J connectivity index is 3.27. The second kappa shape index (κ2) is 6.06. The van der Waals surface area contributed by atoms with Gasteiger partial charge in [0.15, 0.2) is 0 Å². The first-order valence-corrected chi connectivity index (χ1v) is 6.10. The molecule has 0 aliphatic carbocycles. The van der Waals surface area contributed by atoms with E-state index < -0.39 is 12.0 Å². The van der Waals surface area contributed by atoms with Gasteiger partial charge >= 0.3 is 5.97 Å². The summed E-state index contributed by atoms with van der Waals surface area (Å²) in [5.74, 6) is 0.198. The van der Waals surface area contributed by atoms with Crippen LogP contribution in [0.3, 0.4) is 0 Å². The van der Waals surface area contributed by atoms with Crippen molar-refractivity contribution < 1.29 is 19.4 Å². The standard InChI is InChI=1S/C12H16BrNO4/c1-6-4-9(17-2)7(5-8(14)12(15)16)10(13)11(6)18-3/h4,8H,5,14H2,1-3H3,(H,15,16). The van der Waals surface area contributed by atoms with E-state index in [1.54, 1.807) is 13.2 Å². The molecule has 0 spiro atoms. The number of halogens is 1. The fourth-order valence-corrected chi connectivity index (χ4v) is 2.53. The molecule has 1 unspecified atom stereocenters. The van der Waals surface area contributed by atoms with Crippen LogP contribution < -0.4 is 15.2 Å². The number of benzene rings is 1. The fourth-order valence-electron chi connectivity index (χ4n) is 1.70. The summed E-state index contributed by atoms with van der Waals surface area (Å²) in [6, 6.07) is 0.815. The summed E-state index contributed by atoms with van der Waals surface area (Å²) >= 11 is 3.41. The van der Waals surface area contributed by atoms with Gasteiger partial charge in [-0.15, -0.1) is 0 Å². The van der Waals surface area contributed by atoms with Crippen LogP contribution in [0.1, 0.15) is 11.1 Å². The molecule has 0 heterocycles. The molecular formula is C12H16BrNO4. The van der Waals surface area contributed by atoms with Crippen molar-refractivity contribution in [1.29, 1.82) is 0 Å². The van der Waals surface area contributed by atoms with Crippen molar-refractivity contribution in [3.05, 3.63) is 21.7 Å². The number of aryl methyl sites for hydroxylation is 1. The molecule has 0 aromatic heterocycles. The first kappa shape index (κ1) is 14.8. The maximum Gasteiger partial charge on any atom is 0.320 e. The summed E-state index contributed by atoms with van der Waals surface area (Å²) < 4.78 is 11.2. The number of hydrogen-bond donors (Lipinski definition) is 2. The molecule has 0 radical (unpaired) electrons. The fraction of sp³-hybridized carbons (Fsp3) is 0.417. The number of methoxy groups -OCH3 is 2. The lowest BCUT2D eigenvalue weighted by atomic mass is 10.0. The van der Waals surface area contributed by atoms with E-state index in [1.807, 2.05) is 6.92 Å². The Morgan fingerprint density at radius 1 is 1.50 bits per heavy atom. The van der Waals surface area contributed by atoms with E-state index in [-0.39, 0.29) is 6.42 Å². The van der Waals surface area contributed by atoms with E-state index in [2.05, 4.69) is 15.9 Å². The van der Waals surface area contributed by atoms with E-state index in [1.165, 1.54) is 7.11 Å². The largest absolute Gasteiger partial charge is 0.496 e. The smallest absolute Gasteiger partial charge is 0.320 e. The number of nitrogens with two attached hydrogens (primary N) is 1. The van der Waals surface area contributed by atoms with Gasteiger partial charge in [-0.25, -0.2) is 0 Å². The molecule has 0 amide bonds. The third kappa shape index (κ3) is 2.94. The van der Waals surface area contributed by atoms with Gasteiger partial charge in [0.25, 0.3) is 0 Å². The maximum absolute atomic E-state index is 10.8. The zero-order valence-corrected chi connectivity index (χ0v) is 12.1. The minimum absolute atomic E-state index is 0.162. The first-order chi connectivity index (χ1) is 8.42. The van der Waals surface area contributed by atoms with Crippen LogP contribution in [-0.2, 0) is 11.2 Å². The third-order valence-electron chi connectivity index (χ3n) is 2.63. The normalized spacial score (nSPS) is 12.1. The zero-order valence-electron chi connectivity index (χ0n) is 10.5. The molecular weight excluding hydrogens is 302 g/mol. The molecule has 0 fully saturated rings. The molecule has 0 aliphatic heterocycles. The molecule has 0 saturated heterocycles. The average molecular weight is 318 g/mol. The monoisotopic (exact) mass is 317 g/mol. The lowest BCUT2D eigenvalue weighted by Crippen LogP contribution is -2.32. The van der Waals surface area contributed by atoms with Gasteiger partial charge in [0.1, 0.15) is 17.5 Å². The Hall–Kier alpha value is -1.27. The molecule has 1 aromatic rings. The number of hydrogen-bond acceptors (Lipinski definition) is 4. The van der Waals surface area contributed by atoms with E-state index in [0.29, 0.717) is 21.5 Å². The van der Waals surface area contributed by atoms with Gasteiger partial charge in [0.2, 0.25) is 0 Å². The molecule has 1 atom stereocenters. The maximum atomic E-state index is 10.8. The van der Waals surface area contributed by atoms with Crippen molar-refractivity contribution >= 4 is 21.9 Å². The highest BCUT2D eigenvalue weighted by molar-refractivity contribution is 9.10. The number of carboxylic acids is 1. The third-order valence-corrected chi connectivity index (χ3v) is 3.47. The number of carbonyl (C=O) groups is 1. The molecule has 100 valence electrons. The SMILES string of the molecule is COc1cc(C)c(OC)c(Br)c1CC(N)C(=O)O. The molecule has 0 aliphatic rings. The predicted octanol–water partition coefficient (Wildman–Crippen LogP) is 1.73. The summed E-state index contributed by atoms with van der Waals surface area (Å²) in [7, 11) is 3.09. The summed E-state index contributed by atoms with van der Waals surface area (Å²) in [5.41, 5.74) is 7.14. The van der Waals surface area contributed by atoms with Gasteiger partial charge < -0.3 is 20.3 Å². The Bertz CT molecular complexity index is 462. The molecule has 5 nitrogen and oxygen atoms in total. The summed E-state index contributed by atoms with van der Waals surface area (Å²) in [5, 5.41) is 8.87. The van der Waals surface area contributed by atoms with Crippen molar-refractivity contribution in [2.45, 2.75) is 19.4 Å². The van der Waals surface area contributed by atoms with E-state index >= 15 is 0 Å². The van der Waals surface area contributed by atoms with Gasteiger partial charge in [-0.2, -0.15) is 0 Å². The molecule has 3 N–H and O–H groups in total. The minimum atomic E-state index is -1.05. The summed E-state index contributed by atoms with van der Waals surface area (Å²) in [6.07, 6.45) is 0.162. The summed E-state index contributed by atoms with van der Waals surface area (Å²) in [6.45, 7) is 1.88. The average Bonchev–Trinajstić information content (AvgIpc) is 2.32. The number of carboxylic acid groups (broad SMARTS) is 1. The van der Waals surface area contributed by atoms with Crippen LogP contribution >= 0.6 is 15.9 Å². The quantitative estimate of drug-likeness (QED) is 0.864. The predicted molar refractivity (Wildman–Crippen MR) is 71.3 cm³/mol. The van der Waals surface area contributed by atoms with Crippen LogP contribution in [0.15, 0.2) is 10.5 Å². The number of ether oxygens (including phenoxy) is 2. The highest BCUT2D eigenvalue weighted by Gasteiger charge is 2.21. The molecule has 0 bridgehead atoms. The second-order valence-corrected chi connectivity index (χ2v) is 4.66. The van der Waals surface area contributed by atoms with Gasteiger partial charge in [-0.05, 0) is 34.5 Å². The van der Waals surface area contributed by atoms with Crippen LogP contribution in [-0.4, -0.2) is 31.3 Å². The molecule has 1 aromatic carbocycles. The number of rotatable bonds is 5. The second-order valence-electron chi connectivity index (χ2n) is 3.87. The van der Waals surface area contributed by atoms with Crippen molar-refractivity contribution in [1.82, 2.24) is 0 Å².